The van der Waals surface area contributed by atoms with Gasteiger partial charge in [0.2, 0.25) is 5.69 Å². The summed E-state index contributed by atoms with van der Waals surface area (Å²) in [5, 5.41) is 0. The quantitative estimate of drug-likeness (QED) is 0.405. The molecule has 4 rings (SSSR count). The predicted molar refractivity (Wildman–Crippen MR) is 133 cm³/mol. The summed E-state index contributed by atoms with van der Waals surface area (Å²) in [6.07, 6.45) is 12.0. The maximum atomic E-state index is 12.8. The minimum atomic E-state index is -4.27. The monoisotopic (exact) mass is 497 g/mol. The number of benzene rings is 1. The Balaban J connectivity index is 0.000000248. The van der Waals surface area contributed by atoms with E-state index in [2.05, 4.69) is 6.08 Å². The van der Waals surface area contributed by atoms with E-state index in [-0.39, 0.29) is 10.5 Å². The first-order chi connectivity index (χ1) is 16.1. The number of rotatable bonds is 3. The smallest absolute Gasteiger partial charge is 0.271 e. The zero-order chi connectivity index (χ0) is 24.9. The van der Waals surface area contributed by atoms with Gasteiger partial charge < -0.3 is 9.45 Å². The average Bonchev–Trinajstić information content (AvgIpc) is 3.10. The third-order valence-corrected chi connectivity index (χ3v) is 7.18. The lowest BCUT2D eigenvalue weighted by Gasteiger charge is -2.16. The van der Waals surface area contributed by atoms with Gasteiger partial charge in [0.15, 0.2) is 6.20 Å². The van der Waals surface area contributed by atoms with Gasteiger partial charge in [-0.05, 0) is 44.2 Å². The molecule has 0 aliphatic carbocycles. The Labute approximate surface area is 203 Å². The highest BCUT2D eigenvalue weighted by molar-refractivity contribution is 7.85. The molecule has 0 atom stereocenters. The van der Waals surface area contributed by atoms with Crippen molar-refractivity contribution in [1.29, 1.82) is 0 Å². The molecular weight excluding hydrogens is 470 g/mol. The fourth-order valence-corrected chi connectivity index (χ4v) is 4.97. The van der Waals surface area contributed by atoms with Crippen LogP contribution in [0, 0.1) is 6.92 Å². The van der Waals surface area contributed by atoms with Gasteiger partial charge in [0.1, 0.15) is 26.4 Å². The SMILES string of the molecule is CCn1c(=O)/c(=C2\C=CC=CN2C)s/c1=C\c1cccc[n+]1C.Cc1ccc(S(=O)(=O)[O-])cc1. The van der Waals surface area contributed by atoms with Gasteiger partial charge in [-0.2, -0.15) is 0 Å². The van der Waals surface area contributed by atoms with E-state index >= 15 is 0 Å². The number of pyridine rings is 1. The number of aryl methyl sites for hydroxylation is 2. The fraction of sp³-hybridized carbons (Fsp3) is 0.200. The van der Waals surface area contributed by atoms with E-state index in [1.165, 1.54) is 12.1 Å². The molecule has 1 aromatic carbocycles. The highest BCUT2D eigenvalue weighted by Crippen LogP contribution is 2.09. The van der Waals surface area contributed by atoms with Crippen LogP contribution in [0.25, 0.3) is 11.8 Å². The van der Waals surface area contributed by atoms with Crippen LogP contribution in [0.3, 0.4) is 0 Å². The molecule has 0 spiro atoms. The summed E-state index contributed by atoms with van der Waals surface area (Å²) < 4.78 is 36.8. The van der Waals surface area contributed by atoms with Crippen LogP contribution in [-0.4, -0.2) is 29.5 Å². The van der Waals surface area contributed by atoms with Crippen LogP contribution in [0.1, 0.15) is 18.2 Å². The van der Waals surface area contributed by atoms with Crippen LogP contribution in [0.5, 0.6) is 0 Å². The van der Waals surface area contributed by atoms with Crippen molar-refractivity contribution in [3.05, 3.63) is 104 Å². The summed E-state index contributed by atoms with van der Waals surface area (Å²) in [5.74, 6) is 0. The van der Waals surface area contributed by atoms with E-state index in [0.717, 1.165) is 26.1 Å². The second-order valence-electron chi connectivity index (χ2n) is 7.66. The van der Waals surface area contributed by atoms with Crippen LogP contribution in [0.15, 0.2) is 82.8 Å². The van der Waals surface area contributed by atoms with Gasteiger partial charge in [-0.25, -0.2) is 13.0 Å². The molecule has 0 unspecified atom stereocenters. The Morgan fingerprint density at radius 3 is 2.41 bits per heavy atom. The fourth-order valence-electron chi connectivity index (χ4n) is 3.27. The first-order valence-electron chi connectivity index (χ1n) is 10.6. The molecule has 34 heavy (non-hydrogen) atoms. The van der Waals surface area contributed by atoms with Crippen molar-refractivity contribution in [2.45, 2.75) is 25.3 Å². The van der Waals surface area contributed by atoms with Gasteiger partial charge in [0, 0.05) is 38.0 Å². The molecule has 0 N–H and O–H groups in total. The Morgan fingerprint density at radius 2 is 1.82 bits per heavy atom. The van der Waals surface area contributed by atoms with Crippen LogP contribution < -0.4 is 19.3 Å². The Bertz CT molecular complexity index is 1510. The summed E-state index contributed by atoms with van der Waals surface area (Å²) in [5.41, 5.74) is 3.02. The molecular formula is C25H27N3O4S2. The van der Waals surface area contributed by atoms with Gasteiger partial charge in [-0.3, -0.25) is 9.36 Å². The zero-order valence-corrected chi connectivity index (χ0v) is 21.1. The lowest BCUT2D eigenvalue weighted by Crippen LogP contribution is -2.35. The highest BCUT2D eigenvalue weighted by atomic mass is 32.2. The molecule has 1 aliphatic heterocycles. The molecule has 0 fully saturated rings. The van der Waals surface area contributed by atoms with E-state index in [4.69, 9.17) is 0 Å². The van der Waals surface area contributed by atoms with Crippen molar-refractivity contribution in [1.82, 2.24) is 9.47 Å². The van der Waals surface area contributed by atoms with Crippen molar-refractivity contribution in [2.75, 3.05) is 7.05 Å². The number of hydrogen-bond donors (Lipinski definition) is 0. The third kappa shape index (κ3) is 5.99. The molecule has 0 bridgehead atoms. The summed E-state index contributed by atoms with van der Waals surface area (Å²) >= 11 is 1.54. The number of aromatic nitrogens is 2. The summed E-state index contributed by atoms with van der Waals surface area (Å²) in [7, 11) is -0.300. The number of nitrogens with zero attached hydrogens (tertiary/aromatic N) is 3. The van der Waals surface area contributed by atoms with E-state index in [0.29, 0.717) is 6.54 Å². The van der Waals surface area contributed by atoms with Gasteiger partial charge in [0.25, 0.3) is 5.56 Å². The second kappa shape index (κ2) is 10.8. The molecule has 1 aliphatic rings. The van der Waals surface area contributed by atoms with Gasteiger partial charge in [0.05, 0.1) is 10.6 Å². The maximum absolute atomic E-state index is 12.8. The van der Waals surface area contributed by atoms with E-state index in [1.54, 1.807) is 23.5 Å². The van der Waals surface area contributed by atoms with Crippen molar-refractivity contribution in [3.8, 4) is 0 Å². The Morgan fingerprint density at radius 1 is 1.12 bits per heavy atom. The van der Waals surface area contributed by atoms with Crippen molar-refractivity contribution < 1.29 is 17.5 Å². The normalized spacial score (nSPS) is 15.3. The molecule has 178 valence electrons. The summed E-state index contributed by atoms with van der Waals surface area (Å²) in [6, 6.07) is 11.8. The van der Waals surface area contributed by atoms with Crippen molar-refractivity contribution >= 4 is 33.2 Å². The standard InChI is InChI=1S/C18H20N3OS.C7H8O3S/c1-4-21-16(13-14-9-5-7-11-19(14)2)23-17(18(21)22)15-10-6-8-12-20(15)3;1-6-2-4-7(5-3-6)11(8,9)10/h5-13H,4H2,1-3H3;2-5H,1H3,(H,8,9,10)/q+1;/p-1/b17-15-;. The van der Waals surface area contributed by atoms with Crippen LogP contribution >= 0.6 is 11.3 Å². The zero-order valence-electron chi connectivity index (χ0n) is 19.5. The number of hydrogen-bond acceptors (Lipinski definition) is 6. The minimum absolute atomic E-state index is 0.0733. The van der Waals surface area contributed by atoms with Gasteiger partial charge in [-0.1, -0.05) is 23.8 Å². The lowest BCUT2D eigenvalue weighted by molar-refractivity contribution is -0.673. The van der Waals surface area contributed by atoms with Crippen molar-refractivity contribution in [2.24, 2.45) is 7.05 Å². The predicted octanol–water partition coefficient (Wildman–Crippen LogP) is 1.61. The summed E-state index contributed by atoms with van der Waals surface area (Å²) in [6.45, 7) is 4.49. The number of likely N-dealkylation sites (N-methyl/N-ethyl adjacent to an activating group) is 1. The first kappa shape index (κ1) is 25.4. The van der Waals surface area contributed by atoms with E-state index in [1.807, 2.05) is 90.8 Å². The topological polar surface area (TPSA) is 86.3 Å². The molecule has 0 saturated heterocycles. The lowest BCUT2D eigenvalue weighted by atomic mass is 10.2. The first-order valence-corrected chi connectivity index (χ1v) is 12.8. The minimum Gasteiger partial charge on any atom is -0.744 e. The molecule has 2 aromatic heterocycles. The molecule has 0 saturated carbocycles. The van der Waals surface area contributed by atoms with Gasteiger partial charge >= 0.3 is 0 Å². The van der Waals surface area contributed by atoms with Crippen LogP contribution in [0.2, 0.25) is 0 Å². The average molecular weight is 498 g/mol. The van der Waals surface area contributed by atoms with Crippen LogP contribution in [-0.2, 0) is 23.7 Å². The molecule has 3 aromatic rings. The van der Waals surface area contributed by atoms with Crippen molar-refractivity contribution in [3.63, 3.8) is 0 Å². The Hall–Kier alpha value is -3.27. The third-order valence-electron chi connectivity index (χ3n) is 5.19. The summed E-state index contributed by atoms with van der Waals surface area (Å²) in [4.78, 5) is 14.6. The molecule has 0 amide bonds. The van der Waals surface area contributed by atoms with Gasteiger partial charge in [-0.15, -0.1) is 11.3 Å². The largest absolute Gasteiger partial charge is 0.744 e. The Kier molecular flexibility index (Phi) is 8.03. The van der Waals surface area contributed by atoms with E-state index < -0.39 is 10.1 Å². The maximum Gasteiger partial charge on any atom is 0.271 e. The van der Waals surface area contributed by atoms with E-state index in [9.17, 15) is 17.8 Å². The van der Waals surface area contributed by atoms with Crippen LogP contribution in [0.4, 0.5) is 0 Å². The molecule has 3 heterocycles. The number of allylic oxidation sites excluding steroid dienone is 2. The number of thiazole rings is 1. The molecule has 9 heteroatoms. The molecule has 7 nitrogen and oxygen atoms in total. The molecule has 0 radical (unpaired) electrons. The highest BCUT2D eigenvalue weighted by Gasteiger charge is 2.11. The second-order valence-corrected chi connectivity index (χ2v) is 10.1.